The molecule has 0 fully saturated rings. The molecular formula is C16H12O2. The maximum absolute atomic E-state index is 12.4. The highest BCUT2D eigenvalue weighted by Gasteiger charge is 2.26. The van der Waals surface area contributed by atoms with E-state index in [1.165, 1.54) is 6.08 Å². The summed E-state index contributed by atoms with van der Waals surface area (Å²) in [6.45, 7) is 0. The van der Waals surface area contributed by atoms with Gasteiger partial charge in [-0.2, -0.15) is 0 Å². The lowest BCUT2D eigenvalue weighted by Crippen LogP contribution is -2.17. The molecule has 2 aliphatic carbocycles. The van der Waals surface area contributed by atoms with Gasteiger partial charge in [0, 0.05) is 16.7 Å². The SMILES string of the molecule is O=C1C=C(C2=CCCC=C2)C(=O)c2ccccc21. The van der Waals surface area contributed by atoms with Gasteiger partial charge in [0.05, 0.1) is 0 Å². The van der Waals surface area contributed by atoms with Gasteiger partial charge in [0.2, 0.25) is 0 Å². The Kier molecular flexibility index (Phi) is 2.56. The molecule has 0 saturated carbocycles. The van der Waals surface area contributed by atoms with Gasteiger partial charge in [0.15, 0.2) is 11.6 Å². The third kappa shape index (κ3) is 1.66. The van der Waals surface area contributed by atoms with Crippen LogP contribution in [0.1, 0.15) is 33.6 Å². The first-order chi connectivity index (χ1) is 8.77. The van der Waals surface area contributed by atoms with Crippen molar-refractivity contribution in [3.63, 3.8) is 0 Å². The highest BCUT2D eigenvalue weighted by atomic mass is 16.1. The summed E-state index contributed by atoms with van der Waals surface area (Å²) < 4.78 is 0. The molecule has 0 aromatic heterocycles. The summed E-state index contributed by atoms with van der Waals surface area (Å²) in [4.78, 5) is 24.4. The fourth-order valence-corrected chi connectivity index (χ4v) is 2.34. The topological polar surface area (TPSA) is 34.1 Å². The van der Waals surface area contributed by atoms with Gasteiger partial charge in [-0.3, -0.25) is 9.59 Å². The maximum Gasteiger partial charge on any atom is 0.194 e. The number of carbonyl (C=O) groups excluding carboxylic acids is 2. The van der Waals surface area contributed by atoms with Crippen molar-refractivity contribution in [1.29, 1.82) is 0 Å². The molecule has 0 radical (unpaired) electrons. The molecule has 0 atom stereocenters. The van der Waals surface area contributed by atoms with Gasteiger partial charge in [-0.25, -0.2) is 0 Å². The predicted molar refractivity (Wildman–Crippen MR) is 69.6 cm³/mol. The number of rotatable bonds is 1. The lowest BCUT2D eigenvalue weighted by Gasteiger charge is -2.16. The third-order valence-electron chi connectivity index (χ3n) is 3.26. The smallest absolute Gasteiger partial charge is 0.194 e. The van der Waals surface area contributed by atoms with E-state index in [0.717, 1.165) is 18.4 Å². The van der Waals surface area contributed by atoms with Gasteiger partial charge in [-0.05, 0) is 24.5 Å². The highest BCUT2D eigenvalue weighted by Crippen LogP contribution is 2.27. The van der Waals surface area contributed by atoms with E-state index < -0.39 is 0 Å². The van der Waals surface area contributed by atoms with Crippen LogP contribution in [0.3, 0.4) is 0 Å². The Morgan fingerprint density at radius 1 is 0.944 bits per heavy atom. The quantitative estimate of drug-likeness (QED) is 0.750. The Morgan fingerprint density at radius 3 is 2.44 bits per heavy atom. The van der Waals surface area contributed by atoms with Gasteiger partial charge in [-0.15, -0.1) is 0 Å². The fourth-order valence-electron chi connectivity index (χ4n) is 2.34. The molecule has 0 aliphatic heterocycles. The van der Waals surface area contributed by atoms with Crippen molar-refractivity contribution >= 4 is 11.6 Å². The minimum atomic E-state index is -0.0833. The Labute approximate surface area is 105 Å². The van der Waals surface area contributed by atoms with Gasteiger partial charge in [0.25, 0.3) is 0 Å². The second-order valence-electron chi connectivity index (χ2n) is 4.44. The van der Waals surface area contributed by atoms with E-state index in [1.807, 2.05) is 18.2 Å². The number of hydrogen-bond acceptors (Lipinski definition) is 2. The Balaban J connectivity index is 2.10. The third-order valence-corrected chi connectivity index (χ3v) is 3.26. The number of hydrogen-bond donors (Lipinski definition) is 0. The molecule has 18 heavy (non-hydrogen) atoms. The van der Waals surface area contributed by atoms with Crippen LogP contribution in [0.4, 0.5) is 0 Å². The Hall–Kier alpha value is -2.22. The molecule has 2 nitrogen and oxygen atoms in total. The first-order valence-corrected chi connectivity index (χ1v) is 6.04. The van der Waals surface area contributed by atoms with Crippen molar-refractivity contribution in [2.45, 2.75) is 12.8 Å². The van der Waals surface area contributed by atoms with E-state index in [2.05, 4.69) is 0 Å². The molecule has 1 aromatic carbocycles. The lowest BCUT2D eigenvalue weighted by molar-refractivity contribution is 0.0986. The van der Waals surface area contributed by atoms with Crippen molar-refractivity contribution in [2.75, 3.05) is 0 Å². The van der Waals surface area contributed by atoms with Gasteiger partial charge in [0.1, 0.15) is 0 Å². The molecule has 0 amide bonds. The van der Waals surface area contributed by atoms with Crippen LogP contribution in [0.2, 0.25) is 0 Å². The molecule has 0 unspecified atom stereocenters. The van der Waals surface area contributed by atoms with E-state index >= 15 is 0 Å². The van der Waals surface area contributed by atoms with Crippen LogP contribution in [-0.2, 0) is 0 Å². The summed E-state index contributed by atoms with van der Waals surface area (Å²) in [5.41, 5.74) is 2.41. The number of allylic oxidation sites excluding steroid dienone is 6. The molecule has 88 valence electrons. The fraction of sp³-hybridized carbons (Fsp3) is 0.125. The average molecular weight is 236 g/mol. The first-order valence-electron chi connectivity index (χ1n) is 6.04. The van der Waals surface area contributed by atoms with Crippen LogP contribution in [0, 0.1) is 0 Å². The average Bonchev–Trinajstić information content (AvgIpc) is 2.44. The second-order valence-corrected chi connectivity index (χ2v) is 4.44. The molecule has 0 heterocycles. The lowest BCUT2D eigenvalue weighted by atomic mass is 9.85. The van der Waals surface area contributed by atoms with Crippen molar-refractivity contribution < 1.29 is 9.59 Å². The number of carbonyl (C=O) groups is 2. The highest BCUT2D eigenvalue weighted by molar-refractivity contribution is 6.26. The monoisotopic (exact) mass is 236 g/mol. The summed E-state index contributed by atoms with van der Waals surface area (Å²) in [6.07, 6.45) is 9.36. The van der Waals surface area contributed by atoms with Crippen LogP contribution in [0.5, 0.6) is 0 Å². The number of fused-ring (bicyclic) bond motifs is 1. The zero-order valence-electron chi connectivity index (χ0n) is 9.85. The molecule has 3 rings (SSSR count). The largest absolute Gasteiger partial charge is 0.289 e. The summed E-state index contributed by atoms with van der Waals surface area (Å²) in [6, 6.07) is 6.99. The molecular weight excluding hydrogens is 224 g/mol. The zero-order valence-corrected chi connectivity index (χ0v) is 9.85. The van der Waals surface area contributed by atoms with Crippen LogP contribution in [0.25, 0.3) is 0 Å². The van der Waals surface area contributed by atoms with Crippen LogP contribution < -0.4 is 0 Å². The van der Waals surface area contributed by atoms with E-state index in [9.17, 15) is 9.59 Å². The van der Waals surface area contributed by atoms with Crippen molar-refractivity contribution in [3.05, 3.63) is 70.8 Å². The van der Waals surface area contributed by atoms with Crippen LogP contribution in [-0.4, -0.2) is 11.6 Å². The molecule has 0 bridgehead atoms. The van der Waals surface area contributed by atoms with Gasteiger partial charge < -0.3 is 0 Å². The number of benzene rings is 1. The van der Waals surface area contributed by atoms with Crippen molar-refractivity contribution in [3.8, 4) is 0 Å². The van der Waals surface area contributed by atoms with Gasteiger partial charge in [-0.1, -0.05) is 42.5 Å². The van der Waals surface area contributed by atoms with Crippen LogP contribution in [0.15, 0.2) is 59.7 Å². The molecule has 0 saturated heterocycles. The van der Waals surface area contributed by atoms with E-state index in [0.29, 0.717) is 16.7 Å². The Morgan fingerprint density at radius 2 is 1.72 bits per heavy atom. The summed E-state index contributed by atoms with van der Waals surface area (Å²) in [5, 5.41) is 0. The van der Waals surface area contributed by atoms with Crippen molar-refractivity contribution in [1.82, 2.24) is 0 Å². The second kappa shape index (κ2) is 4.22. The van der Waals surface area contributed by atoms with E-state index in [4.69, 9.17) is 0 Å². The van der Waals surface area contributed by atoms with E-state index in [1.54, 1.807) is 24.3 Å². The predicted octanol–water partition coefficient (Wildman–Crippen LogP) is 3.27. The molecule has 2 aliphatic rings. The standard InChI is InChI=1S/C16H12O2/c17-15-10-14(11-6-2-1-3-7-11)16(18)13-9-5-4-8-12(13)15/h2,4-10H,1,3H2. The normalized spacial score (nSPS) is 18.2. The molecule has 0 N–H and O–H groups in total. The maximum atomic E-state index is 12.4. The summed E-state index contributed by atoms with van der Waals surface area (Å²) >= 11 is 0. The van der Waals surface area contributed by atoms with E-state index in [-0.39, 0.29) is 11.6 Å². The first kappa shape index (κ1) is 10.9. The number of Topliss-reactive ketones (excluding diaryl/α,β-unsaturated/α-hetero) is 1. The van der Waals surface area contributed by atoms with Crippen LogP contribution >= 0.6 is 0 Å². The molecule has 1 aromatic rings. The van der Waals surface area contributed by atoms with Gasteiger partial charge >= 0.3 is 0 Å². The minimum Gasteiger partial charge on any atom is -0.289 e. The minimum absolute atomic E-state index is 0.0528. The van der Waals surface area contributed by atoms with Crippen molar-refractivity contribution in [2.24, 2.45) is 0 Å². The summed E-state index contributed by atoms with van der Waals surface area (Å²) in [5.74, 6) is -0.136. The number of ketones is 2. The Bertz CT molecular complexity index is 630. The molecule has 0 spiro atoms. The molecule has 2 heteroatoms. The summed E-state index contributed by atoms with van der Waals surface area (Å²) in [7, 11) is 0. The zero-order chi connectivity index (χ0) is 12.5.